The largest absolute Gasteiger partial charge is 0.469 e. The van der Waals surface area contributed by atoms with E-state index in [0.29, 0.717) is 32.7 Å². The average molecular weight is 256 g/mol. The molecule has 6 nitrogen and oxygen atoms in total. The minimum absolute atomic E-state index is 0.0251. The van der Waals surface area contributed by atoms with E-state index in [1.807, 2.05) is 4.90 Å². The number of ether oxygens (including phenoxy) is 1. The quantitative estimate of drug-likeness (QED) is 0.630. The summed E-state index contributed by atoms with van der Waals surface area (Å²) >= 11 is 0. The number of Topliss-reactive ketones (excluding diaryl/α,β-unsaturated/α-hetero) is 1. The standard InChI is InChI=1S/C12H20N2O4/c1-10(15)9-13-5-7-14(8-6-13)11(16)3-4-12(17)18-2/h3-9H2,1-2H3. The van der Waals surface area contributed by atoms with E-state index in [0.717, 1.165) is 0 Å². The zero-order chi connectivity index (χ0) is 13.5. The summed E-state index contributed by atoms with van der Waals surface area (Å²) in [6.07, 6.45) is 0.322. The lowest BCUT2D eigenvalue weighted by Crippen LogP contribution is -2.49. The molecule has 18 heavy (non-hydrogen) atoms. The van der Waals surface area contributed by atoms with Crippen LogP contribution in [0.2, 0.25) is 0 Å². The van der Waals surface area contributed by atoms with Gasteiger partial charge in [-0.3, -0.25) is 19.3 Å². The van der Waals surface area contributed by atoms with E-state index >= 15 is 0 Å². The zero-order valence-electron chi connectivity index (χ0n) is 11.0. The molecule has 0 bridgehead atoms. The minimum Gasteiger partial charge on any atom is -0.469 e. The molecule has 1 heterocycles. The third kappa shape index (κ3) is 4.83. The summed E-state index contributed by atoms with van der Waals surface area (Å²) in [4.78, 5) is 37.4. The van der Waals surface area contributed by atoms with Crippen molar-refractivity contribution in [3.05, 3.63) is 0 Å². The molecule has 1 aliphatic heterocycles. The van der Waals surface area contributed by atoms with Crippen molar-refractivity contribution in [3.8, 4) is 0 Å². The van der Waals surface area contributed by atoms with Crippen LogP contribution in [0.1, 0.15) is 19.8 Å². The number of carbonyl (C=O) groups excluding carboxylic acids is 3. The SMILES string of the molecule is COC(=O)CCC(=O)N1CCN(CC(C)=O)CC1. The van der Waals surface area contributed by atoms with Crippen molar-refractivity contribution in [2.45, 2.75) is 19.8 Å². The monoisotopic (exact) mass is 256 g/mol. The lowest BCUT2D eigenvalue weighted by Gasteiger charge is -2.34. The van der Waals surface area contributed by atoms with Gasteiger partial charge in [0, 0.05) is 32.6 Å². The van der Waals surface area contributed by atoms with Crippen LogP contribution in [-0.4, -0.2) is 67.3 Å². The molecule has 0 aromatic carbocycles. The summed E-state index contributed by atoms with van der Waals surface area (Å²) in [5.41, 5.74) is 0. The molecule has 1 amide bonds. The predicted octanol–water partition coefficient (Wildman–Crippen LogP) is -0.327. The molecule has 0 radical (unpaired) electrons. The Balaban J connectivity index is 2.27. The van der Waals surface area contributed by atoms with Crippen molar-refractivity contribution in [3.63, 3.8) is 0 Å². The number of nitrogens with zero attached hydrogens (tertiary/aromatic N) is 2. The Morgan fingerprint density at radius 2 is 1.67 bits per heavy atom. The van der Waals surface area contributed by atoms with E-state index < -0.39 is 0 Å². The Morgan fingerprint density at radius 3 is 2.17 bits per heavy atom. The topological polar surface area (TPSA) is 66.9 Å². The number of hydrogen-bond donors (Lipinski definition) is 0. The van der Waals surface area contributed by atoms with Crippen LogP contribution < -0.4 is 0 Å². The number of amides is 1. The summed E-state index contributed by atoms with van der Waals surface area (Å²) in [5, 5.41) is 0. The van der Waals surface area contributed by atoms with Gasteiger partial charge in [0.2, 0.25) is 5.91 Å². The van der Waals surface area contributed by atoms with Crippen LogP contribution in [0.4, 0.5) is 0 Å². The van der Waals surface area contributed by atoms with Crippen LogP contribution >= 0.6 is 0 Å². The van der Waals surface area contributed by atoms with E-state index in [4.69, 9.17) is 0 Å². The average Bonchev–Trinajstić information content (AvgIpc) is 2.35. The van der Waals surface area contributed by atoms with Crippen LogP contribution in [0.5, 0.6) is 0 Å². The lowest BCUT2D eigenvalue weighted by molar-refractivity contribution is -0.144. The number of piperazine rings is 1. The van der Waals surface area contributed by atoms with Gasteiger partial charge in [-0.2, -0.15) is 0 Å². The summed E-state index contributed by atoms with van der Waals surface area (Å²) < 4.78 is 4.49. The summed E-state index contributed by atoms with van der Waals surface area (Å²) in [6.45, 7) is 4.67. The molecule has 1 aliphatic rings. The van der Waals surface area contributed by atoms with Crippen LogP contribution in [0.3, 0.4) is 0 Å². The minimum atomic E-state index is -0.362. The Morgan fingerprint density at radius 1 is 1.06 bits per heavy atom. The number of rotatable bonds is 5. The summed E-state index contributed by atoms with van der Waals surface area (Å²) in [6, 6.07) is 0. The van der Waals surface area contributed by atoms with Gasteiger partial charge in [0.1, 0.15) is 5.78 Å². The first-order valence-electron chi connectivity index (χ1n) is 6.09. The van der Waals surface area contributed by atoms with E-state index in [1.165, 1.54) is 7.11 Å². The van der Waals surface area contributed by atoms with Gasteiger partial charge in [0.05, 0.1) is 20.1 Å². The second-order valence-electron chi connectivity index (χ2n) is 4.44. The second kappa shape index (κ2) is 7.10. The first-order valence-corrected chi connectivity index (χ1v) is 6.09. The number of esters is 1. The molecule has 0 atom stereocenters. The molecular weight excluding hydrogens is 236 g/mol. The molecule has 0 aliphatic carbocycles. The van der Waals surface area contributed by atoms with E-state index in [-0.39, 0.29) is 30.5 Å². The number of methoxy groups -OCH3 is 1. The van der Waals surface area contributed by atoms with Gasteiger partial charge in [0.25, 0.3) is 0 Å². The predicted molar refractivity (Wildman–Crippen MR) is 65.0 cm³/mol. The molecule has 0 saturated carbocycles. The summed E-state index contributed by atoms with van der Waals surface area (Å²) in [5.74, 6) is -0.248. The highest BCUT2D eigenvalue weighted by Crippen LogP contribution is 2.05. The first-order chi connectivity index (χ1) is 8.52. The molecule has 0 aromatic heterocycles. The van der Waals surface area contributed by atoms with E-state index in [2.05, 4.69) is 4.74 Å². The molecule has 1 saturated heterocycles. The fraction of sp³-hybridized carbons (Fsp3) is 0.750. The molecule has 1 fully saturated rings. The van der Waals surface area contributed by atoms with Gasteiger partial charge in [-0.1, -0.05) is 0 Å². The Labute approximate surface area is 107 Å². The van der Waals surface area contributed by atoms with Crippen molar-refractivity contribution in [1.29, 1.82) is 0 Å². The zero-order valence-corrected chi connectivity index (χ0v) is 11.0. The molecule has 1 rings (SSSR count). The maximum absolute atomic E-state index is 11.8. The van der Waals surface area contributed by atoms with Crippen molar-refractivity contribution in [2.24, 2.45) is 0 Å². The van der Waals surface area contributed by atoms with Crippen molar-refractivity contribution < 1.29 is 19.1 Å². The third-order valence-electron chi connectivity index (χ3n) is 2.94. The Bertz CT molecular complexity index is 322. The molecule has 102 valence electrons. The fourth-order valence-electron chi connectivity index (χ4n) is 1.94. The van der Waals surface area contributed by atoms with Gasteiger partial charge in [0.15, 0.2) is 0 Å². The van der Waals surface area contributed by atoms with Gasteiger partial charge >= 0.3 is 5.97 Å². The fourth-order valence-corrected chi connectivity index (χ4v) is 1.94. The Kier molecular flexibility index (Phi) is 5.77. The number of carbonyl (C=O) groups is 3. The van der Waals surface area contributed by atoms with E-state index in [9.17, 15) is 14.4 Å². The second-order valence-corrected chi connectivity index (χ2v) is 4.44. The van der Waals surface area contributed by atoms with Gasteiger partial charge in [-0.05, 0) is 6.92 Å². The molecular formula is C12H20N2O4. The lowest BCUT2D eigenvalue weighted by atomic mass is 10.2. The Hall–Kier alpha value is -1.43. The van der Waals surface area contributed by atoms with Crippen LogP contribution in [-0.2, 0) is 19.1 Å². The maximum atomic E-state index is 11.8. The molecule has 0 unspecified atom stereocenters. The van der Waals surface area contributed by atoms with Gasteiger partial charge < -0.3 is 9.64 Å². The van der Waals surface area contributed by atoms with Crippen molar-refractivity contribution >= 4 is 17.7 Å². The van der Waals surface area contributed by atoms with Crippen LogP contribution in [0, 0.1) is 0 Å². The smallest absolute Gasteiger partial charge is 0.306 e. The maximum Gasteiger partial charge on any atom is 0.306 e. The third-order valence-corrected chi connectivity index (χ3v) is 2.94. The molecule has 6 heteroatoms. The highest BCUT2D eigenvalue weighted by molar-refractivity contribution is 5.81. The van der Waals surface area contributed by atoms with Gasteiger partial charge in [-0.25, -0.2) is 0 Å². The van der Waals surface area contributed by atoms with Gasteiger partial charge in [-0.15, -0.1) is 0 Å². The molecule has 0 aromatic rings. The summed E-state index contributed by atoms with van der Waals surface area (Å²) in [7, 11) is 1.31. The molecule has 0 N–H and O–H groups in total. The van der Waals surface area contributed by atoms with Crippen LogP contribution in [0.15, 0.2) is 0 Å². The number of hydrogen-bond acceptors (Lipinski definition) is 5. The van der Waals surface area contributed by atoms with Crippen LogP contribution in [0.25, 0.3) is 0 Å². The first kappa shape index (κ1) is 14.6. The molecule has 0 spiro atoms. The highest BCUT2D eigenvalue weighted by atomic mass is 16.5. The normalized spacial score (nSPS) is 16.4. The van der Waals surface area contributed by atoms with E-state index in [1.54, 1.807) is 11.8 Å². The highest BCUT2D eigenvalue weighted by Gasteiger charge is 2.21. The number of ketones is 1. The van der Waals surface area contributed by atoms with Crippen molar-refractivity contribution in [1.82, 2.24) is 9.80 Å². The van der Waals surface area contributed by atoms with Crippen molar-refractivity contribution in [2.75, 3.05) is 39.8 Å².